The van der Waals surface area contributed by atoms with Crippen molar-refractivity contribution in [3.05, 3.63) is 58.5 Å². The van der Waals surface area contributed by atoms with Gasteiger partial charge in [-0.3, -0.25) is 5.84 Å². The molecule has 1 fully saturated rings. The first-order valence-corrected chi connectivity index (χ1v) is 7.89. The summed E-state index contributed by atoms with van der Waals surface area (Å²) >= 11 is 3.55. The van der Waals surface area contributed by atoms with Crippen LogP contribution in [0.4, 0.5) is 0 Å². The van der Waals surface area contributed by atoms with Gasteiger partial charge in [0.2, 0.25) is 0 Å². The van der Waals surface area contributed by atoms with E-state index in [2.05, 4.69) is 45.6 Å². The van der Waals surface area contributed by atoms with Crippen molar-refractivity contribution in [3.8, 4) is 0 Å². The van der Waals surface area contributed by atoms with Gasteiger partial charge in [0.25, 0.3) is 0 Å². The molecule has 0 radical (unpaired) electrons. The Balaban J connectivity index is 2.08. The van der Waals surface area contributed by atoms with Crippen LogP contribution in [0.5, 0.6) is 0 Å². The number of nitrogens with one attached hydrogen (secondary N) is 1. The average Bonchev–Trinajstić information content (AvgIpc) is 2.96. The van der Waals surface area contributed by atoms with Crippen LogP contribution < -0.4 is 11.3 Å². The van der Waals surface area contributed by atoms with Crippen molar-refractivity contribution in [3.63, 3.8) is 0 Å². The van der Waals surface area contributed by atoms with E-state index >= 15 is 0 Å². The Morgan fingerprint density at radius 1 is 1.14 bits per heavy atom. The molecule has 2 heterocycles. The molecular formula is C16H19BrN2O2. The molecule has 2 aromatic rings. The second-order valence-corrected chi connectivity index (χ2v) is 6.22. The van der Waals surface area contributed by atoms with Crippen LogP contribution in [0.3, 0.4) is 0 Å². The molecule has 1 unspecified atom stereocenters. The molecule has 1 aromatic heterocycles. The Morgan fingerprint density at radius 2 is 1.86 bits per heavy atom. The number of hydrogen-bond acceptors (Lipinski definition) is 4. The van der Waals surface area contributed by atoms with Crippen molar-refractivity contribution in [1.82, 2.24) is 5.43 Å². The van der Waals surface area contributed by atoms with Gasteiger partial charge in [-0.05, 0) is 40.4 Å². The third kappa shape index (κ3) is 2.66. The van der Waals surface area contributed by atoms with Crippen molar-refractivity contribution in [1.29, 1.82) is 0 Å². The minimum Gasteiger partial charge on any atom is -0.466 e. The maximum absolute atomic E-state index is 5.91. The number of rotatable bonds is 4. The highest BCUT2D eigenvalue weighted by molar-refractivity contribution is 9.10. The van der Waals surface area contributed by atoms with Gasteiger partial charge in [0.15, 0.2) is 0 Å². The summed E-state index contributed by atoms with van der Waals surface area (Å²) in [5, 5.41) is 0. The smallest absolute Gasteiger partial charge is 0.137 e. The van der Waals surface area contributed by atoms with Gasteiger partial charge in [0.1, 0.15) is 5.76 Å². The standard InChI is InChI=1S/C16H19BrN2O2/c17-13-6-9-21-14(13)15(19-18)16(7-10-20-11-8-16)12-4-2-1-3-5-12/h1-6,9,15,19H,7-8,10-11,18H2. The maximum atomic E-state index is 5.91. The number of benzene rings is 1. The summed E-state index contributed by atoms with van der Waals surface area (Å²) in [5.74, 6) is 6.75. The van der Waals surface area contributed by atoms with Crippen LogP contribution in [-0.4, -0.2) is 13.2 Å². The summed E-state index contributed by atoms with van der Waals surface area (Å²) in [6, 6.07) is 12.3. The molecule has 21 heavy (non-hydrogen) atoms. The summed E-state index contributed by atoms with van der Waals surface area (Å²) in [7, 11) is 0. The van der Waals surface area contributed by atoms with Crippen molar-refractivity contribution in [2.24, 2.45) is 5.84 Å². The first kappa shape index (κ1) is 14.8. The molecule has 0 saturated carbocycles. The van der Waals surface area contributed by atoms with E-state index in [1.165, 1.54) is 5.56 Å². The van der Waals surface area contributed by atoms with E-state index in [4.69, 9.17) is 15.0 Å². The molecule has 5 heteroatoms. The molecule has 0 bridgehead atoms. The molecule has 1 saturated heterocycles. The number of halogens is 1. The topological polar surface area (TPSA) is 60.4 Å². The zero-order chi connectivity index (χ0) is 14.7. The van der Waals surface area contributed by atoms with Crippen LogP contribution in [0.15, 0.2) is 51.6 Å². The number of furan rings is 1. The fourth-order valence-corrected chi connectivity index (χ4v) is 3.68. The fraction of sp³-hybridized carbons (Fsp3) is 0.375. The van der Waals surface area contributed by atoms with Gasteiger partial charge < -0.3 is 9.15 Å². The monoisotopic (exact) mass is 350 g/mol. The molecule has 1 aliphatic rings. The lowest BCUT2D eigenvalue weighted by atomic mass is 9.68. The van der Waals surface area contributed by atoms with Gasteiger partial charge in [-0.2, -0.15) is 0 Å². The Morgan fingerprint density at radius 3 is 2.43 bits per heavy atom. The van der Waals surface area contributed by atoms with E-state index in [0.717, 1.165) is 36.3 Å². The van der Waals surface area contributed by atoms with Gasteiger partial charge in [-0.15, -0.1) is 0 Å². The highest BCUT2D eigenvalue weighted by atomic mass is 79.9. The lowest BCUT2D eigenvalue weighted by Gasteiger charge is -2.43. The Kier molecular flexibility index (Phi) is 4.45. The van der Waals surface area contributed by atoms with Crippen molar-refractivity contribution in [2.75, 3.05) is 13.2 Å². The highest BCUT2D eigenvalue weighted by Crippen LogP contribution is 2.46. The Bertz CT molecular complexity index is 579. The highest BCUT2D eigenvalue weighted by Gasteiger charge is 2.44. The molecule has 1 aliphatic heterocycles. The Labute approximate surface area is 132 Å². The van der Waals surface area contributed by atoms with Crippen LogP contribution in [-0.2, 0) is 10.2 Å². The minimum absolute atomic E-state index is 0.104. The molecule has 0 amide bonds. The van der Waals surface area contributed by atoms with Crippen molar-refractivity contribution >= 4 is 15.9 Å². The molecule has 1 aromatic carbocycles. The van der Waals surface area contributed by atoms with Crippen molar-refractivity contribution < 1.29 is 9.15 Å². The molecule has 4 nitrogen and oxygen atoms in total. The third-order valence-electron chi connectivity index (χ3n) is 4.36. The number of hydrogen-bond donors (Lipinski definition) is 2. The number of hydrazine groups is 1. The van der Waals surface area contributed by atoms with Gasteiger partial charge in [-0.25, -0.2) is 5.43 Å². The summed E-state index contributed by atoms with van der Waals surface area (Å²) in [6.45, 7) is 1.46. The fourth-order valence-electron chi connectivity index (χ4n) is 3.25. The molecule has 3 rings (SSSR count). The van der Waals surface area contributed by atoms with Gasteiger partial charge >= 0.3 is 0 Å². The largest absolute Gasteiger partial charge is 0.466 e. The van der Waals surface area contributed by atoms with E-state index in [1.807, 2.05) is 12.1 Å². The number of ether oxygens (including phenoxy) is 1. The summed E-state index contributed by atoms with van der Waals surface area (Å²) in [5.41, 5.74) is 4.11. The zero-order valence-electron chi connectivity index (χ0n) is 11.7. The first-order valence-electron chi connectivity index (χ1n) is 7.10. The van der Waals surface area contributed by atoms with E-state index < -0.39 is 0 Å². The molecular weight excluding hydrogens is 332 g/mol. The second kappa shape index (κ2) is 6.32. The quantitative estimate of drug-likeness (QED) is 0.656. The van der Waals surface area contributed by atoms with E-state index in [0.29, 0.717) is 0 Å². The maximum Gasteiger partial charge on any atom is 0.137 e. The molecule has 0 aliphatic carbocycles. The van der Waals surface area contributed by atoms with Crippen molar-refractivity contribution in [2.45, 2.75) is 24.3 Å². The first-order chi connectivity index (χ1) is 10.3. The summed E-state index contributed by atoms with van der Waals surface area (Å²) < 4.78 is 12.2. The van der Waals surface area contributed by atoms with Crippen LogP contribution in [0.2, 0.25) is 0 Å². The van der Waals surface area contributed by atoms with E-state index in [9.17, 15) is 0 Å². The molecule has 0 spiro atoms. The van der Waals surface area contributed by atoms with Crippen LogP contribution in [0.25, 0.3) is 0 Å². The Hall–Kier alpha value is -1.14. The van der Waals surface area contributed by atoms with Gasteiger partial charge in [-0.1, -0.05) is 30.3 Å². The lowest BCUT2D eigenvalue weighted by Crippen LogP contribution is -2.47. The average molecular weight is 351 g/mol. The minimum atomic E-state index is -0.130. The van der Waals surface area contributed by atoms with E-state index in [-0.39, 0.29) is 11.5 Å². The zero-order valence-corrected chi connectivity index (χ0v) is 13.3. The van der Waals surface area contributed by atoms with Crippen LogP contribution in [0.1, 0.15) is 30.2 Å². The predicted molar refractivity (Wildman–Crippen MR) is 84.6 cm³/mol. The van der Waals surface area contributed by atoms with E-state index in [1.54, 1.807) is 6.26 Å². The normalized spacial score (nSPS) is 19.3. The number of nitrogens with two attached hydrogens (primary N) is 1. The molecule has 1 atom stereocenters. The SMILES string of the molecule is NNC(c1occc1Br)C1(c2ccccc2)CCOCC1. The summed E-state index contributed by atoms with van der Waals surface area (Å²) in [6.07, 6.45) is 3.49. The summed E-state index contributed by atoms with van der Waals surface area (Å²) in [4.78, 5) is 0. The molecule has 3 N–H and O–H groups in total. The third-order valence-corrected chi connectivity index (χ3v) is 5.02. The second-order valence-electron chi connectivity index (χ2n) is 5.37. The van der Waals surface area contributed by atoms with Gasteiger partial charge in [0, 0.05) is 18.6 Å². The van der Waals surface area contributed by atoms with Gasteiger partial charge in [0.05, 0.1) is 16.8 Å². The predicted octanol–water partition coefficient (Wildman–Crippen LogP) is 3.29. The van der Waals surface area contributed by atoms with Crippen LogP contribution in [0, 0.1) is 0 Å². The lowest BCUT2D eigenvalue weighted by molar-refractivity contribution is 0.0304. The molecule has 112 valence electrons. The van der Waals surface area contributed by atoms with Crippen LogP contribution >= 0.6 is 15.9 Å².